The van der Waals surface area contributed by atoms with E-state index in [0.717, 1.165) is 0 Å². The zero-order valence-electron chi connectivity index (χ0n) is 10.5. The fourth-order valence-corrected chi connectivity index (χ4v) is 1.07. The van der Waals surface area contributed by atoms with Gasteiger partial charge in [-0.25, -0.2) is 0 Å². The van der Waals surface area contributed by atoms with Crippen LogP contribution in [0.15, 0.2) is 35.8 Å². The number of allylic oxidation sites excluding steroid dienone is 3. The molecule has 0 bridgehead atoms. The number of alkyl halides is 3. The van der Waals surface area contributed by atoms with Gasteiger partial charge < -0.3 is 15.2 Å². The lowest BCUT2D eigenvalue weighted by Crippen LogP contribution is -2.17. The summed E-state index contributed by atoms with van der Waals surface area (Å²) in [7, 11) is 1.66. The zero-order valence-corrected chi connectivity index (χ0v) is 10.5. The van der Waals surface area contributed by atoms with Crippen LogP contribution in [0.5, 0.6) is 0 Å². The van der Waals surface area contributed by atoms with E-state index in [1.807, 2.05) is 0 Å². The molecule has 0 atom stereocenters. The van der Waals surface area contributed by atoms with Crippen molar-refractivity contribution in [2.75, 3.05) is 20.2 Å². The highest BCUT2D eigenvalue weighted by Gasteiger charge is 2.27. The second-order valence-corrected chi connectivity index (χ2v) is 3.67. The number of halogens is 3. The van der Waals surface area contributed by atoms with Crippen molar-refractivity contribution in [2.45, 2.75) is 19.5 Å². The van der Waals surface area contributed by atoms with Crippen LogP contribution >= 0.6 is 0 Å². The van der Waals surface area contributed by atoms with Crippen molar-refractivity contribution in [1.82, 2.24) is 5.32 Å². The first-order valence-corrected chi connectivity index (χ1v) is 5.36. The van der Waals surface area contributed by atoms with Crippen LogP contribution in [-0.4, -0.2) is 31.5 Å². The summed E-state index contributed by atoms with van der Waals surface area (Å²) in [6, 6.07) is 0. The van der Waals surface area contributed by atoms with Gasteiger partial charge >= 0.3 is 6.18 Å². The van der Waals surface area contributed by atoms with Gasteiger partial charge in [-0.15, -0.1) is 0 Å². The van der Waals surface area contributed by atoms with Crippen molar-refractivity contribution in [2.24, 2.45) is 0 Å². The van der Waals surface area contributed by atoms with Crippen LogP contribution in [0.2, 0.25) is 0 Å². The molecule has 3 nitrogen and oxygen atoms in total. The molecule has 0 rings (SSSR count). The average molecular weight is 265 g/mol. The Kier molecular flexibility index (Phi) is 7.19. The summed E-state index contributed by atoms with van der Waals surface area (Å²) in [5.41, 5.74) is 0.627. The maximum atomic E-state index is 12.0. The molecule has 0 unspecified atom stereocenters. The Hall–Kier alpha value is -1.43. The molecule has 0 aliphatic rings. The number of nitrogens with one attached hydrogen (secondary N) is 1. The molecule has 0 radical (unpaired) electrons. The number of likely N-dealkylation sites (N-methyl/N-ethyl adjacent to an activating group) is 1. The van der Waals surface area contributed by atoms with Gasteiger partial charge in [0.1, 0.15) is 11.5 Å². The van der Waals surface area contributed by atoms with Crippen molar-refractivity contribution in [1.29, 1.82) is 0 Å². The third-order valence-corrected chi connectivity index (χ3v) is 1.96. The molecule has 0 aliphatic carbocycles. The van der Waals surface area contributed by atoms with E-state index in [4.69, 9.17) is 9.84 Å². The third kappa shape index (κ3) is 8.69. The summed E-state index contributed by atoms with van der Waals surface area (Å²) in [5.74, 6) is 0.271. The van der Waals surface area contributed by atoms with E-state index < -0.39 is 19.2 Å². The van der Waals surface area contributed by atoms with Crippen molar-refractivity contribution < 1.29 is 23.0 Å². The molecule has 0 heterocycles. The molecule has 0 aromatic carbocycles. The Morgan fingerprint density at radius 2 is 2.00 bits per heavy atom. The average Bonchev–Trinajstić information content (AvgIpc) is 2.23. The van der Waals surface area contributed by atoms with E-state index in [2.05, 4.69) is 11.9 Å². The Morgan fingerprint density at radius 3 is 2.44 bits per heavy atom. The van der Waals surface area contributed by atoms with Crippen LogP contribution in [0.3, 0.4) is 0 Å². The second kappa shape index (κ2) is 7.81. The highest BCUT2D eigenvalue weighted by Crippen LogP contribution is 2.20. The van der Waals surface area contributed by atoms with Crippen LogP contribution in [0, 0.1) is 0 Å². The molecule has 0 aromatic rings. The minimum atomic E-state index is -4.23. The van der Waals surface area contributed by atoms with Crippen molar-refractivity contribution in [3.63, 3.8) is 0 Å². The van der Waals surface area contributed by atoms with E-state index in [1.165, 1.54) is 12.2 Å². The summed E-state index contributed by atoms with van der Waals surface area (Å²) in [6.07, 6.45) is -2.35. The maximum absolute atomic E-state index is 12.0. The molecular formula is C12H18F3NO2. The first-order valence-electron chi connectivity index (χ1n) is 5.36. The van der Waals surface area contributed by atoms with Crippen LogP contribution < -0.4 is 5.32 Å². The number of hydrogen-bond donors (Lipinski definition) is 2. The fourth-order valence-electron chi connectivity index (χ4n) is 1.07. The summed E-state index contributed by atoms with van der Waals surface area (Å²) in [4.78, 5) is 0. The third-order valence-electron chi connectivity index (χ3n) is 1.96. The van der Waals surface area contributed by atoms with Crippen LogP contribution in [0.25, 0.3) is 0 Å². The van der Waals surface area contributed by atoms with E-state index in [1.54, 1.807) is 14.0 Å². The Balaban J connectivity index is 4.54. The maximum Gasteiger partial charge on any atom is 0.392 e. The highest BCUT2D eigenvalue weighted by molar-refractivity contribution is 5.25. The summed E-state index contributed by atoms with van der Waals surface area (Å²) >= 11 is 0. The van der Waals surface area contributed by atoms with Gasteiger partial charge in [-0.05, 0) is 25.6 Å². The molecule has 0 amide bonds. The van der Waals surface area contributed by atoms with Crippen LogP contribution in [0.4, 0.5) is 13.2 Å². The second-order valence-electron chi connectivity index (χ2n) is 3.67. The fraction of sp³-hybridized carbons (Fsp3) is 0.500. The Labute approximate surface area is 105 Å². The standard InChI is InChI=1S/C12H18F3NO2/c1-9(4-5-10(2)17)11(8-16-3)18-7-6-12(13,14)15/h4-5,16-17H,2,6-8H2,1,3H3/b5-4+,11-9+. The van der Waals surface area contributed by atoms with Gasteiger partial charge in [-0.1, -0.05) is 12.7 Å². The number of aliphatic hydroxyl groups excluding tert-OH is 1. The predicted octanol–water partition coefficient (Wildman–Crippen LogP) is 3.08. The van der Waals surface area contributed by atoms with Gasteiger partial charge in [-0.2, -0.15) is 13.2 Å². The van der Waals surface area contributed by atoms with E-state index in [0.29, 0.717) is 17.9 Å². The molecule has 0 saturated carbocycles. The highest BCUT2D eigenvalue weighted by atomic mass is 19.4. The topological polar surface area (TPSA) is 41.5 Å². The van der Waals surface area contributed by atoms with Crippen molar-refractivity contribution in [3.05, 3.63) is 35.8 Å². The predicted molar refractivity (Wildman–Crippen MR) is 64.2 cm³/mol. The Bertz CT molecular complexity index is 333. The van der Waals surface area contributed by atoms with Crippen LogP contribution in [0.1, 0.15) is 13.3 Å². The lowest BCUT2D eigenvalue weighted by Gasteiger charge is -2.13. The SMILES string of the molecule is C=C(O)/C=C/C(C)=C(\CNC)OCCC(F)(F)F. The quantitative estimate of drug-likeness (QED) is 0.549. The molecule has 0 saturated heterocycles. The number of hydrogen-bond acceptors (Lipinski definition) is 3. The normalized spacial score (nSPS) is 13.6. The van der Waals surface area contributed by atoms with E-state index >= 15 is 0 Å². The summed E-state index contributed by atoms with van der Waals surface area (Å²) in [6.45, 7) is 4.83. The van der Waals surface area contributed by atoms with Gasteiger partial charge in [0.15, 0.2) is 0 Å². The largest absolute Gasteiger partial charge is 0.509 e. The van der Waals surface area contributed by atoms with Gasteiger partial charge in [0.25, 0.3) is 0 Å². The first-order chi connectivity index (χ1) is 8.26. The smallest absolute Gasteiger partial charge is 0.392 e. The molecule has 0 fully saturated rings. The molecular weight excluding hydrogens is 247 g/mol. The van der Waals surface area contributed by atoms with Crippen LogP contribution in [-0.2, 0) is 4.74 Å². The number of aliphatic hydroxyl groups is 1. The molecule has 6 heteroatoms. The van der Waals surface area contributed by atoms with Gasteiger partial charge in [0, 0.05) is 0 Å². The molecule has 0 aliphatic heterocycles. The van der Waals surface area contributed by atoms with Gasteiger partial charge in [0.05, 0.1) is 19.6 Å². The number of rotatable bonds is 7. The molecule has 18 heavy (non-hydrogen) atoms. The van der Waals surface area contributed by atoms with Crippen molar-refractivity contribution in [3.8, 4) is 0 Å². The molecule has 2 N–H and O–H groups in total. The minimum Gasteiger partial charge on any atom is -0.509 e. The minimum absolute atomic E-state index is 0.131. The monoisotopic (exact) mass is 265 g/mol. The molecule has 104 valence electrons. The van der Waals surface area contributed by atoms with Gasteiger partial charge in [-0.3, -0.25) is 0 Å². The zero-order chi connectivity index (χ0) is 14.2. The van der Waals surface area contributed by atoms with E-state index in [9.17, 15) is 13.2 Å². The summed E-state index contributed by atoms with van der Waals surface area (Å²) in [5, 5.41) is 11.7. The van der Waals surface area contributed by atoms with Crippen molar-refractivity contribution >= 4 is 0 Å². The van der Waals surface area contributed by atoms with E-state index in [-0.39, 0.29) is 5.76 Å². The first kappa shape index (κ1) is 16.6. The molecule has 0 spiro atoms. The van der Waals surface area contributed by atoms with Gasteiger partial charge in [0.2, 0.25) is 0 Å². The summed E-state index contributed by atoms with van der Waals surface area (Å²) < 4.78 is 41.0. The number of ether oxygens (including phenoxy) is 1. The lowest BCUT2D eigenvalue weighted by molar-refractivity contribution is -0.142. The lowest BCUT2D eigenvalue weighted by atomic mass is 10.2. The Morgan fingerprint density at radius 1 is 1.39 bits per heavy atom. The molecule has 0 aromatic heterocycles.